The lowest BCUT2D eigenvalue weighted by Gasteiger charge is -2.24. The Labute approximate surface area is 115 Å². The SMILES string of the molecule is COc1cc(C)c(S(=O)(=O)N(C)C(C)CN)cc1C. The van der Waals surface area contributed by atoms with Gasteiger partial charge in [0.25, 0.3) is 0 Å². The third-order valence-electron chi connectivity index (χ3n) is 3.31. The molecule has 0 radical (unpaired) electrons. The number of hydrogen-bond donors (Lipinski definition) is 1. The second-order valence-electron chi connectivity index (χ2n) is 4.69. The molecule has 0 spiro atoms. The zero-order chi connectivity index (χ0) is 14.8. The molecule has 0 fully saturated rings. The molecule has 108 valence electrons. The average Bonchev–Trinajstić information content (AvgIpc) is 2.38. The summed E-state index contributed by atoms with van der Waals surface area (Å²) in [7, 11) is -0.415. The van der Waals surface area contributed by atoms with Crippen molar-refractivity contribution in [1.82, 2.24) is 4.31 Å². The van der Waals surface area contributed by atoms with E-state index in [1.54, 1.807) is 40.1 Å². The first kappa shape index (κ1) is 15.9. The van der Waals surface area contributed by atoms with Gasteiger partial charge < -0.3 is 10.5 Å². The van der Waals surface area contributed by atoms with Gasteiger partial charge in [0.05, 0.1) is 12.0 Å². The highest BCUT2D eigenvalue weighted by molar-refractivity contribution is 7.89. The smallest absolute Gasteiger partial charge is 0.243 e. The molecule has 0 saturated heterocycles. The molecule has 5 nitrogen and oxygen atoms in total. The quantitative estimate of drug-likeness (QED) is 0.885. The zero-order valence-corrected chi connectivity index (χ0v) is 12.9. The Hall–Kier alpha value is -1.11. The number of sulfonamides is 1. The summed E-state index contributed by atoms with van der Waals surface area (Å²) in [5.41, 5.74) is 6.99. The normalized spacial score (nSPS) is 13.6. The van der Waals surface area contributed by atoms with E-state index in [1.807, 2.05) is 6.92 Å². The average molecular weight is 286 g/mol. The van der Waals surface area contributed by atoms with Crippen LogP contribution in [0.25, 0.3) is 0 Å². The lowest BCUT2D eigenvalue weighted by atomic mass is 10.1. The van der Waals surface area contributed by atoms with E-state index in [9.17, 15) is 8.42 Å². The van der Waals surface area contributed by atoms with Crippen molar-refractivity contribution >= 4 is 10.0 Å². The van der Waals surface area contributed by atoms with Crippen LogP contribution in [0, 0.1) is 13.8 Å². The topological polar surface area (TPSA) is 72.6 Å². The molecule has 0 bridgehead atoms. The molecule has 1 rings (SSSR count). The largest absolute Gasteiger partial charge is 0.496 e. The number of nitrogens with zero attached hydrogens (tertiary/aromatic N) is 1. The predicted molar refractivity (Wildman–Crippen MR) is 75.9 cm³/mol. The van der Waals surface area contributed by atoms with Crippen LogP contribution in [0.4, 0.5) is 0 Å². The number of methoxy groups -OCH3 is 1. The summed E-state index contributed by atoms with van der Waals surface area (Å²) in [4.78, 5) is 0.300. The van der Waals surface area contributed by atoms with Crippen molar-refractivity contribution in [2.75, 3.05) is 20.7 Å². The van der Waals surface area contributed by atoms with Gasteiger partial charge in [0.2, 0.25) is 10.0 Å². The maximum Gasteiger partial charge on any atom is 0.243 e. The lowest BCUT2D eigenvalue weighted by molar-refractivity contribution is 0.393. The van der Waals surface area contributed by atoms with Gasteiger partial charge in [-0.1, -0.05) is 0 Å². The monoisotopic (exact) mass is 286 g/mol. The van der Waals surface area contributed by atoms with E-state index < -0.39 is 10.0 Å². The second-order valence-corrected chi connectivity index (χ2v) is 6.66. The van der Waals surface area contributed by atoms with Crippen LogP contribution in [-0.2, 0) is 10.0 Å². The van der Waals surface area contributed by atoms with Crippen LogP contribution in [0.15, 0.2) is 17.0 Å². The molecule has 0 heterocycles. The van der Waals surface area contributed by atoms with E-state index in [0.29, 0.717) is 16.2 Å². The highest BCUT2D eigenvalue weighted by Crippen LogP contribution is 2.27. The number of aryl methyl sites for hydroxylation is 2. The van der Waals surface area contributed by atoms with Gasteiger partial charge in [-0.15, -0.1) is 0 Å². The molecule has 1 aromatic rings. The van der Waals surface area contributed by atoms with E-state index in [4.69, 9.17) is 10.5 Å². The number of benzene rings is 1. The highest BCUT2D eigenvalue weighted by Gasteiger charge is 2.26. The number of ether oxygens (including phenoxy) is 1. The molecule has 1 atom stereocenters. The Kier molecular flexibility index (Phi) is 4.95. The summed E-state index contributed by atoms with van der Waals surface area (Å²) in [5.74, 6) is 0.686. The van der Waals surface area contributed by atoms with Crippen LogP contribution in [0.2, 0.25) is 0 Å². The molecule has 0 aliphatic rings. The summed E-state index contributed by atoms with van der Waals surface area (Å²) in [6, 6.07) is 3.14. The summed E-state index contributed by atoms with van der Waals surface area (Å²) in [6.07, 6.45) is 0. The minimum atomic E-state index is -3.53. The van der Waals surface area contributed by atoms with Crippen molar-refractivity contribution in [3.05, 3.63) is 23.3 Å². The Morgan fingerprint density at radius 1 is 1.32 bits per heavy atom. The Balaban J connectivity index is 3.34. The minimum Gasteiger partial charge on any atom is -0.496 e. The first-order valence-electron chi connectivity index (χ1n) is 6.09. The summed E-state index contributed by atoms with van der Waals surface area (Å²) in [6.45, 7) is 5.65. The van der Waals surface area contributed by atoms with E-state index in [2.05, 4.69) is 0 Å². The van der Waals surface area contributed by atoms with E-state index in [1.165, 1.54) is 4.31 Å². The molecular formula is C13H22N2O3S. The van der Waals surface area contributed by atoms with E-state index >= 15 is 0 Å². The van der Waals surface area contributed by atoms with Crippen molar-refractivity contribution in [3.63, 3.8) is 0 Å². The van der Waals surface area contributed by atoms with Crippen molar-refractivity contribution < 1.29 is 13.2 Å². The highest BCUT2D eigenvalue weighted by atomic mass is 32.2. The number of rotatable bonds is 5. The maximum atomic E-state index is 12.5. The van der Waals surface area contributed by atoms with Gasteiger partial charge in [-0.05, 0) is 44.0 Å². The van der Waals surface area contributed by atoms with Gasteiger partial charge in [0.15, 0.2) is 0 Å². The predicted octanol–water partition coefficient (Wildman–Crippen LogP) is 1.28. The molecule has 0 amide bonds. The van der Waals surface area contributed by atoms with Gasteiger partial charge in [-0.2, -0.15) is 4.31 Å². The Morgan fingerprint density at radius 2 is 1.89 bits per heavy atom. The standard InChI is InChI=1S/C13H22N2O3S/c1-9-7-13(10(2)6-12(9)18-5)19(16,17)15(4)11(3)8-14/h6-7,11H,8,14H2,1-5H3. The molecule has 0 saturated carbocycles. The summed E-state index contributed by atoms with van der Waals surface area (Å²) in [5, 5.41) is 0. The number of hydrogen-bond acceptors (Lipinski definition) is 4. The summed E-state index contributed by atoms with van der Waals surface area (Å²) < 4.78 is 31.6. The van der Waals surface area contributed by atoms with E-state index in [-0.39, 0.29) is 12.6 Å². The molecule has 1 unspecified atom stereocenters. The van der Waals surface area contributed by atoms with Crippen LogP contribution < -0.4 is 10.5 Å². The van der Waals surface area contributed by atoms with Gasteiger partial charge in [0.1, 0.15) is 5.75 Å². The molecule has 2 N–H and O–H groups in total. The molecule has 6 heteroatoms. The third-order valence-corrected chi connectivity index (χ3v) is 5.43. The van der Waals surface area contributed by atoms with Crippen LogP contribution in [0.3, 0.4) is 0 Å². The first-order valence-corrected chi connectivity index (χ1v) is 7.53. The fourth-order valence-electron chi connectivity index (χ4n) is 1.80. The first-order chi connectivity index (χ1) is 8.75. The molecule has 0 aliphatic carbocycles. The van der Waals surface area contributed by atoms with Gasteiger partial charge in [-0.3, -0.25) is 0 Å². The van der Waals surface area contributed by atoms with Gasteiger partial charge >= 0.3 is 0 Å². The fraction of sp³-hybridized carbons (Fsp3) is 0.538. The van der Waals surface area contributed by atoms with Crippen molar-refractivity contribution in [3.8, 4) is 5.75 Å². The molecule has 0 aromatic heterocycles. The second kappa shape index (κ2) is 5.90. The molecule has 0 aliphatic heterocycles. The van der Waals surface area contributed by atoms with E-state index in [0.717, 1.165) is 5.56 Å². The number of nitrogens with two attached hydrogens (primary N) is 1. The van der Waals surface area contributed by atoms with Gasteiger partial charge in [0, 0.05) is 19.6 Å². The van der Waals surface area contributed by atoms with Crippen LogP contribution in [-0.4, -0.2) is 39.5 Å². The fourth-order valence-corrected chi connectivity index (χ4v) is 3.46. The van der Waals surface area contributed by atoms with Crippen LogP contribution in [0.1, 0.15) is 18.1 Å². The van der Waals surface area contributed by atoms with Crippen molar-refractivity contribution in [1.29, 1.82) is 0 Å². The van der Waals surface area contributed by atoms with Gasteiger partial charge in [-0.25, -0.2) is 8.42 Å². The van der Waals surface area contributed by atoms with Crippen LogP contribution in [0.5, 0.6) is 5.75 Å². The summed E-state index contributed by atoms with van der Waals surface area (Å²) >= 11 is 0. The minimum absolute atomic E-state index is 0.244. The van der Waals surface area contributed by atoms with Crippen molar-refractivity contribution in [2.45, 2.75) is 31.7 Å². The molecule has 19 heavy (non-hydrogen) atoms. The Morgan fingerprint density at radius 3 is 2.37 bits per heavy atom. The number of likely N-dealkylation sites (N-methyl/N-ethyl adjacent to an activating group) is 1. The van der Waals surface area contributed by atoms with Crippen molar-refractivity contribution in [2.24, 2.45) is 5.73 Å². The lowest BCUT2D eigenvalue weighted by Crippen LogP contribution is -2.39. The molecule has 1 aromatic carbocycles. The third kappa shape index (κ3) is 3.08. The Bertz CT molecular complexity index is 555. The molecular weight excluding hydrogens is 264 g/mol. The maximum absolute atomic E-state index is 12.5. The zero-order valence-electron chi connectivity index (χ0n) is 12.1. The van der Waals surface area contributed by atoms with Crippen LogP contribution >= 0.6 is 0 Å².